The second kappa shape index (κ2) is 3.62. The molecule has 5 heteroatoms. The molecule has 1 rings (SSSR count). The number of alkyl halides is 3. The number of hydrogen-bond acceptors (Lipinski definition) is 2. The van der Waals surface area contributed by atoms with Gasteiger partial charge in [-0.15, -0.1) is 0 Å². The van der Waals surface area contributed by atoms with Crippen molar-refractivity contribution in [2.45, 2.75) is 18.5 Å². The Morgan fingerprint density at radius 2 is 2.17 bits per heavy atom. The number of hydrogen-bond donors (Lipinski definition) is 1. The van der Waals surface area contributed by atoms with Crippen molar-refractivity contribution in [1.29, 1.82) is 0 Å². The maximum atomic E-state index is 12.6. The van der Waals surface area contributed by atoms with Crippen LogP contribution in [0, 0.1) is 0 Å². The first-order chi connectivity index (χ1) is 5.53. The predicted octanol–water partition coefficient (Wildman–Crippen LogP) is 0.624. The maximum Gasteiger partial charge on any atom is 0.272 e. The van der Waals surface area contributed by atoms with Gasteiger partial charge in [-0.3, -0.25) is 4.90 Å². The molecule has 0 bridgehead atoms. The highest BCUT2D eigenvalue weighted by Gasteiger charge is 2.33. The Labute approximate surface area is 69.5 Å². The number of nitrogens with two attached hydrogens (primary N) is 1. The molecule has 1 fully saturated rings. The van der Waals surface area contributed by atoms with E-state index in [2.05, 4.69) is 0 Å². The summed E-state index contributed by atoms with van der Waals surface area (Å²) in [6, 6.07) is 0. The molecule has 1 atom stereocenters. The van der Waals surface area contributed by atoms with E-state index in [9.17, 15) is 13.2 Å². The second-order valence-corrected chi connectivity index (χ2v) is 3.18. The molecule has 1 saturated heterocycles. The van der Waals surface area contributed by atoms with Crippen LogP contribution in [0.2, 0.25) is 0 Å². The smallest absolute Gasteiger partial charge is 0.272 e. The van der Waals surface area contributed by atoms with Crippen molar-refractivity contribution >= 4 is 0 Å². The minimum absolute atomic E-state index is 0.121. The van der Waals surface area contributed by atoms with Crippen LogP contribution in [0.5, 0.6) is 0 Å². The minimum atomic E-state index is -2.87. The van der Waals surface area contributed by atoms with Crippen molar-refractivity contribution in [3.63, 3.8) is 0 Å². The topological polar surface area (TPSA) is 29.3 Å². The molecule has 1 heterocycles. The molecule has 1 unspecified atom stereocenters. The van der Waals surface area contributed by atoms with E-state index in [-0.39, 0.29) is 6.54 Å². The Bertz CT molecular complexity index is 152. The van der Waals surface area contributed by atoms with E-state index in [0.29, 0.717) is 13.0 Å². The van der Waals surface area contributed by atoms with Crippen LogP contribution in [-0.2, 0) is 0 Å². The molecule has 0 spiro atoms. The summed E-state index contributed by atoms with van der Waals surface area (Å²) in [6.45, 7) is -0.545. The van der Waals surface area contributed by atoms with Gasteiger partial charge in [0, 0.05) is 13.1 Å². The first kappa shape index (κ1) is 9.80. The summed E-state index contributed by atoms with van der Waals surface area (Å²) < 4.78 is 37.8. The number of nitrogens with zero attached hydrogens (tertiary/aromatic N) is 1. The monoisotopic (exact) mass is 182 g/mol. The number of likely N-dealkylation sites (tertiary alicyclic amines) is 1. The van der Waals surface area contributed by atoms with Crippen molar-refractivity contribution in [1.82, 2.24) is 4.90 Å². The van der Waals surface area contributed by atoms with Gasteiger partial charge in [-0.2, -0.15) is 0 Å². The molecular formula is C7H13F3N2. The summed E-state index contributed by atoms with van der Waals surface area (Å²) in [5.74, 6) is -2.87. The molecule has 0 aliphatic carbocycles. The molecular weight excluding hydrogens is 169 g/mol. The Morgan fingerprint density at radius 1 is 1.50 bits per heavy atom. The van der Waals surface area contributed by atoms with Crippen molar-refractivity contribution < 1.29 is 13.2 Å². The molecule has 0 aromatic rings. The highest BCUT2D eigenvalue weighted by molar-refractivity contribution is 4.80. The zero-order chi connectivity index (χ0) is 9.19. The molecule has 0 aromatic carbocycles. The summed E-state index contributed by atoms with van der Waals surface area (Å²) >= 11 is 0. The molecule has 0 saturated carbocycles. The Morgan fingerprint density at radius 3 is 2.58 bits per heavy atom. The van der Waals surface area contributed by atoms with Gasteiger partial charge in [0.25, 0.3) is 5.92 Å². The van der Waals surface area contributed by atoms with Crippen LogP contribution < -0.4 is 5.73 Å². The molecule has 12 heavy (non-hydrogen) atoms. The molecule has 1 aliphatic rings. The van der Waals surface area contributed by atoms with Crippen molar-refractivity contribution in [3.05, 3.63) is 0 Å². The molecule has 0 amide bonds. The van der Waals surface area contributed by atoms with E-state index in [4.69, 9.17) is 5.73 Å². The van der Waals surface area contributed by atoms with Crippen LogP contribution in [-0.4, -0.2) is 43.2 Å². The number of rotatable bonds is 3. The minimum Gasteiger partial charge on any atom is -0.325 e. The highest BCUT2D eigenvalue weighted by atomic mass is 19.3. The van der Waals surface area contributed by atoms with Crippen molar-refractivity contribution in [2.75, 3.05) is 26.2 Å². The standard InChI is InChI=1S/C7H13F3N2/c8-6-1-2-12(3-6)5-7(9,10)4-11/h6H,1-5,11H2. The third kappa shape index (κ3) is 2.64. The molecule has 0 radical (unpaired) electrons. The van der Waals surface area contributed by atoms with E-state index in [1.54, 1.807) is 0 Å². The van der Waals surface area contributed by atoms with Crippen LogP contribution in [0.3, 0.4) is 0 Å². The normalized spacial score (nSPS) is 26.5. The summed E-state index contributed by atoms with van der Waals surface area (Å²) in [6.07, 6.45) is -0.584. The van der Waals surface area contributed by atoms with Crippen LogP contribution in [0.1, 0.15) is 6.42 Å². The lowest BCUT2D eigenvalue weighted by Gasteiger charge is -2.21. The predicted molar refractivity (Wildman–Crippen MR) is 40.0 cm³/mol. The van der Waals surface area contributed by atoms with Gasteiger partial charge < -0.3 is 5.73 Å². The van der Waals surface area contributed by atoms with Gasteiger partial charge in [0.05, 0.1) is 13.1 Å². The zero-order valence-electron chi connectivity index (χ0n) is 6.77. The lowest BCUT2D eigenvalue weighted by atomic mass is 10.3. The SMILES string of the molecule is NCC(F)(F)CN1CCC(F)C1. The third-order valence-electron chi connectivity index (χ3n) is 1.97. The van der Waals surface area contributed by atoms with E-state index in [1.165, 1.54) is 4.90 Å². The lowest BCUT2D eigenvalue weighted by molar-refractivity contribution is -0.0190. The first-order valence-electron chi connectivity index (χ1n) is 3.98. The molecule has 2 nitrogen and oxygen atoms in total. The largest absolute Gasteiger partial charge is 0.325 e. The Hall–Kier alpha value is -0.290. The first-order valence-corrected chi connectivity index (χ1v) is 3.98. The van der Waals surface area contributed by atoms with E-state index in [0.717, 1.165) is 0 Å². The highest BCUT2D eigenvalue weighted by Crippen LogP contribution is 2.18. The average molecular weight is 182 g/mol. The van der Waals surface area contributed by atoms with E-state index in [1.807, 2.05) is 0 Å². The van der Waals surface area contributed by atoms with Gasteiger partial charge in [0.15, 0.2) is 0 Å². The fourth-order valence-electron chi connectivity index (χ4n) is 1.32. The van der Waals surface area contributed by atoms with Gasteiger partial charge in [-0.1, -0.05) is 0 Å². The molecule has 72 valence electrons. The van der Waals surface area contributed by atoms with E-state index >= 15 is 0 Å². The third-order valence-corrected chi connectivity index (χ3v) is 1.97. The Kier molecular flexibility index (Phi) is 2.95. The summed E-state index contributed by atoms with van der Waals surface area (Å²) in [5, 5.41) is 0. The molecule has 1 aliphatic heterocycles. The summed E-state index contributed by atoms with van der Waals surface area (Å²) in [4.78, 5) is 1.41. The van der Waals surface area contributed by atoms with Crippen LogP contribution in [0.15, 0.2) is 0 Å². The fourth-order valence-corrected chi connectivity index (χ4v) is 1.32. The van der Waals surface area contributed by atoms with Crippen LogP contribution in [0.4, 0.5) is 13.2 Å². The second-order valence-electron chi connectivity index (χ2n) is 3.18. The van der Waals surface area contributed by atoms with Gasteiger partial charge in [-0.05, 0) is 6.42 Å². The lowest BCUT2D eigenvalue weighted by Crippen LogP contribution is -2.40. The molecule has 0 aromatic heterocycles. The molecule has 2 N–H and O–H groups in total. The summed E-state index contributed by atoms with van der Waals surface area (Å²) in [7, 11) is 0. The van der Waals surface area contributed by atoms with Gasteiger partial charge in [0.1, 0.15) is 6.17 Å². The maximum absolute atomic E-state index is 12.6. The summed E-state index contributed by atoms with van der Waals surface area (Å²) in [5.41, 5.74) is 4.85. The van der Waals surface area contributed by atoms with Crippen LogP contribution in [0.25, 0.3) is 0 Å². The zero-order valence-corrected chi connectivity index (χ0v) is 6.77. The van der Waals surface area contributed by atoms with Crippen molar-refractivity contribution in [3.8, 4) is 0 Å². The van der Waals surface area contributed by atoms with Crippen LogP contribution >= 0.6 is 0 Å². The van der Waals surface area contributed by atoms with Gasteiger partial charge >= 0.3 is 0 Å². The fraction of sp³-hybridized carbons (Fsp3) is 1.00. The van der Waals surface area contributed by atoms with Gasteiger partial charge in [-0.25, -0.2) is 13.2 Å². The van der Waals surface area contributed by atoms with Gasteiger partial charge in [0.2, 0.25) is 0 Å². The average Bonchev–Trinajstić information content (AvgIpc) is 2.35. The van der Waals surface area contributed by atoms with Crippen molar-refractivity contribution in [2.24, 2.45) is 5.73 Å². The Balaban J connectivity index is 2.32. The van der Waals surface area contributed by atoms with E-state index < -0.39 is 25.2 Å². The quantitative estimate of drug-likeness (QED) is 0.693. The number of halogens is 3.